The standard InChI is InChI=1S/C21H21Cl2N3O3/c22-14-8-9-16(17(23)10-14)21(29)25-11-19(27)24-12-20(28)26-18-7-3-5-13-4-1-2-6-15(13)18/h3,5,7-10H,1-2,4,6,11-12H2,(H,24,27)(H,25,29)(H,26,28). The van der Waals surface area contributed by atoms with Gasteiger partial charge in [-0.05, 0) is 61.1 Å². The molecule has 8 heteroatoms. The van der Waals surface area contributed by atoms with Crippen molar-refractivity contribution < 1.29 is 14.4 Å². The fourth-order valence-corrected chi connectivity index (χ4v) is 3.76. The summed E-state index contributed by atoms with van der Waals surface area (Å²) < 4.78 is 0. The summed E-state index contributed by atoms with van der Waals surface area (Å²) in [5, 5.41) is 8.42. The molecule has 0 aromatic heterocycles. The summed E-state index contributed by atoms with van der Waals surface area (Å²) >= 11 is 11.8. The minimum absolute atomic E-state index is 0.180. The Morgan fingerprint density at radius 2 is 1.66 bits per heavy atom. The molecule has 6 nitrogen and oxygen atoms in total. The molecule has 3 rings (SSSR count). The van der Waals surface area contributed by atoms with Crippen molar-refractivity contribution in [1.29, 1.82) is 0 Å². The molecule has 3 amide bonds. The Kier molecular flexibility index (Phi) is 7.12. The van der Waals surface area contributed by atoms with Crippen LogP contribution in [0.5, 0.6) is 0 Å². The second kappa shape index (κ2) is 9.76. The van der Waals surface area contributed by atoms with E-state index in [1.54, 1.807) is 0 Å². The van der Waals surface area contributed by atoms with E-state index in [1.807, 2.05) is 12.1 Å². The lowest BCUT2D eigenvalue weighted by Gasteiger charge is -2.19. The summed E-state index contributed by atoms with van der Waals surface area (Å²) in [5.74, 6) is -1.29. The highest BCUT2D eigenvalue weighted by Crippen LogP contribution is 2.27. The zero-order valence-corrected chi connectivity index (χ0v) is 17.2. The number of nitrogens with one attached hydrogen (secondary N) is 3. The van der Waals surface area contributed by atoms with E-state index in [2.05, 4.69) is 22.0 Å². The number of amides is 3. The molecule has 0 unspecified atom stereocenters. The van der Waals surface area contributed by atoms with Gasteiger partial charge in [0.25, 0.3) is 5.91 Å². The quantitative estimate of drug-likeness (QED) is 0.652. The number of carbonyl (C=O) groups excluding carboxylic acids is 3. The molecular weight excluding hydrogens is 413 g/mol. The van der Waals surface area contributed by atoms with Crippen molar-refractivity contribution in [3.63, 3.8) is 0 Å². The molecule has 0 atom stereocenters. The molecule has 1 aliphatic carbocycles. The number of anilines is 1. The van der Waals surface area contributed by atoms with E-state index in [4.69, 9.17) is 23.2 Å². The molecule has 0 saturated heterocycles. The first-order valence-electron chi connectivity index (χ1n) is 9.34. The van der Waals surface area contributed by atoms with Gasteiger partial charge in [0.1, 0.15) is 0 Å². The van der Waals surface area contributed by atoms with Gasteiger partial charge in [-0.2, -0.15) is 0 Å². The summed E-state index contributed by atoms with van der Waals surface area (Å²) in [6.07, 6.45) is 4.23. The van der Waals surface area contributed by atoms with Crippen LogP contribution in [0.1, 0.15) is 34.3 Å². The molecule has 3 N–H and O–H groups in total. The Hall–Kier alpha value is -2.57. The van der Waals surface area contributed by atoms with Crippen LogP contribution in [0.3, 0.4) is 0 Å². The zero-order chi connectivity index (χ0) is 20.8. The van der Waals surface area contributed by atoms with Gasteiger partial charge in [-0.25, -0.2) is 0 Å². The van der Waals surface area contributed by atoms with Gasteiger partial charge in [0.2, 0.25) is 11.8 Å². The van der Waals surface area contributed by atoms with Gasteiger partial charge in [-0.3, -0.25) is 14.4 Å². The second-order valence-corrected chi connectivity index (χ2v) is 7.63. The Balaban J connectivity index is 1.46. The minimum Gasteiger partial charge on any atom is -0.345 e. The maximum Gasteiger partial charge on any atom is 0.253 e. The van der Waals surface area contributed by atoms with Gasteiger partial charge in [0.15, 0.2) is 0 Å². The number of halogens is 2. The van der Waals surface area contributed by atoms with Crippen molar-refractivity contribution in [1.82, 2.24) is 10.6 Å². The van der Waals surface area contributed by atoms with Gasteiger partial charge in [0, 0.05) is 10.7 Å². The lowest BCUT2D eigenvalue weighted by atomic mass is 9.90. The average molecular weight is 434 g/mol. The van der Waals surface area contributed by atoms with Gasteiger partial charge >= 0.3 is 0 Å². The van der Waals surface area contributed by atoms with Crippen molar-refractivity contribution in [2.45, 2.75) is 25.7 Å². The van der Waals surface area contributed by atoms with Gasteiger partial charge in [0.05, 0.1) is 23.7 Å². The maximum absolute atomic E-state index is 12.2. The summed E-state index contributed by atoms with van der Waals surface area (Å²) in [7, 11) is 0. The molecular formula is C21H21Cl2N3O3. The number of aryl methyl sites for hydroxylation is 1. The summed E-state index contributed by atoms with van der Waals surface area (Å²) in [6.45, 7) is -0.453. The number of hydrogen-bond acceptors (Lipinski definition) is 3. The van der Waals surface area contributed by atoms with Crippen LogP contribution in [0, 0.1) is 0 Å². The van der Waals surface area contributed by atoms with Crippen LogP contribution < -0.4 is 16.0 Å². The molecule has 0 saturated carbocycles. The van der Waals surface area contributed by atoms with E-state index in [0.717, 1.165) is 31.4 Å². The highest BCUT2D eigenvalue weighted by atomic mass is 35.5. The molecule has 29 heavy (non-hydrogen) atoms. The van der Waals surface area contributed by atoms with Crippen molar-refractivity contribution in [2.75, 3.05) is 18.4 Å². The van der Waals surface area contributed by atoms with Crippen LogP contribution in [0.15, 0.2) is 36.4 Å². The molecule has 2 aromatic rings. The molecule has 152 valence electrons. The number of benzene rings is 2. The average Bonchev–Trinajstić information content (AvgIpc) is 2.71. The number of hydrogen-bond donors (Lipinski definition) is 3. The molecule has 0 aliphatic heterocycles. The van der Waals surface area contributed by atoms with Crippen LogP contribution in [-0.2, 0) is 22.4 Å². The summed E-state index contributed by atoms with van der Waals surface area (Å²) in [6, 6.07) is 10.4. The molecule has 1 aliphatic rings. The van der Waals surface area contributed by atoms with Crippen LogP contribution >= 0.6 is 23.2 Å². The Bertz CT molecular complexity index is 947. The maximum atomic E-state index is 12.2. The van der Waals surface area contributed by atoms with Crippen LogP contribution in [0.2, 0.25) is 10.0 Å². The summed E-state index contributed by atoms with van der Waals surface area (Å²) in [4.78, 5) is 36.2. The molecule has 0 bridgehead atoms. The lowest BCUT2D eigenvalue weighted by molar-refractivity contribution is -0.123. The topological polar surface area (TPSA) is 87.3 Å². The minimum atomic E-state index is -0.498. The van der Waals surface area contributed by atoms with E-state index in [-0.39, 0.29) is 29.6 Å². The number of carbonyl (C=O) groups is 3. The van der Waals surface area contributed by atoms with Gasteiger partial charge < -0.3 is 16.0 Å². The Morgan fingerprint density at radius 1 is 0.897 bits per heavy atom. The first kappa shape index (κ1) is 21.1. The van der Waals surface area contributed by atoms with E-state index in [1.165, 1.54) is 29.3 Å². The highest BCUT2D eigenvalue weighted by molar-refractivity contribution is 6.36. The smallest absolute Gasteiger partial charge is 0.253 e. The van der Waals surface area contributed by atoms with Crippen molar-refractivity contribution in [3.05, 3.63) is 63.1 Å². The zero-order valence-electron chi connectivity index (χ0n) is 15.7. The fraction of sp³-hybridized carbons (Fsp3) is 0.286. The normalized spacial score (nSPS) is 12.6. The molecule has 0 radical (unpaired) electrons. The highest BCUT2D eigenvalue weighted by Gasteiger charge is 2.15. The predicted molar refractivity (Wildman–Crippen MR) is 114 cm³/mol. The fourth-order valence-electron chi connectivity index (χ4n) is 3.26. The predicted octanol–water partition coefficient (Wildman–Crippen LogP) is 3.36. The van der Waals surface area contributed by atoms with Gasteiger partial charge in [-0.1, -0.05) is 35.3 Å². The monoisotopic (exact) mass is 433 g/mol. The summed E-state index contributed by atoms with van der Waals surface area (Å²) in [5.41, 5.74) is 3.45. The van der Waals surface area contributed by atoms with Crippen molar-refractivity contribution in [2.24, 2.45) is 0 Å². The Labute approximate surface area is 179 Å². The number of rotatable bonds is 6. The largest absolute Gasteiger partial charge is 0.345 e. The van der Waals surface area contributed by atoms with Gasteiger partial charge in [-0.15, -0.1) is 0 Å². The third kappa shape index (κ3) is 5.71. The molecule has 0 fully saturated rings. The van der Waals surface area contributed by atoms with Crippen LogP contribution in [-0.4, -0.2) is 30.8 Å². The molecule has 0 spiro atoms. The van der Waals surface area contributed by atoms with E-state index < -0.39 is 11.8 Å². The third-order valence-corrected chi connectivity index (χ3v) is 5.25. The first-order chi connectivity index (χ1) is 13.9. The number of fused-ring (bicyclic) bond motifs is 1. The van der Waals surface area contributed by atoms with E-state index in [9.17, 15) is 14.4 Å². The lowest BCUT2D eigenvalue weighted by Crippen LogP contribution is -2.40. The third-order valence-electron chi connectivity index (χ3n) is 4.70. The van der Waals surface area contributed by atoms with Crippen molar-refractivity contribution in [3.8, 4) is 0 Å². The first-order valence-corrected chi connectivity index (χ1v) is 10.1. The molecule has 0 heterocycles. The van der Waals surface area contributed by atoms with E-state index in [0.29, 0.717) is 5.02 Å². The second-order valence-electron chi connectivity index (χ2n) is 6.78. The van der Waals surface area contributed by atoms with Crippen molar-refractivity contribution >= 4 is 46.6 Å². The van der Waals surface area contributed by atoms with E-state index >= 15 is 0 Å². The SMILES string of the molecule is O=C(CNC(=O)c1ccc(Cl)cc1Cl)NCC(=O)Nc1cccc2c1CCCC2. The van der Waals surface area contributed by atoms with Crippen LogP contribution in [0.4, 0.5) is 5.69 Å². The van der Waals surface area contributed by atoms with Crippen LogP contribution in [0.25, 0.3) is 0 Å². The Morgan fingerprint density at radius 3 is 2.45 bits per heavy atom. The molecule has 2 aromatic carbocycles.